The van der Waals surface area contributed by atoms with E-state index in [4.69, 9.17) is 9.15 Å². The lowest BCUT2D eigenvalue weighted by Gasteiger charge is -2.06. The predicted molar refractivity (Wildman–Crippen MR) is 71.2 cm³/mol. The van der Waals surface area contributed by atoms with Gasteiger partial charge >= 0.3 is 0 Å². The summed E-state index contributed by atoms with van der Waals surface area (Å²) < 4.78 is 10.5. The van der Waals surface area contributed by atoms with Gasteiger partial charge in [0.25, 0.3) is 0 Å². The summed E-state index contributed by atoms with van der Waals surface area (Å²) in [5.74, 6) is 1.24. The molecule has 2 aromatic rings. The van der Waals surface area contributed by atoms with Gasteiger partial charge in [-0.2, -0.15) is 0 Å². The zero-order valence-corrected chi connectivity index (χ0v) is 11.0. The molecule has 0 spiro atoms. The molecule has 1 aromatic carbocycles. The highest BCUT2D eigenvalue weighted by molar-refractivity contribution is 5.92. The number of nitrogens with one attached hydrogen (secondary N) is 1. The molecule has 19 heavy (non-hydrogen) atoms. The molecule has 0 aliphatic rings. The molecular formula is C14H16N2O3. The molecule has 0 unspecified atom stereocenters. The summed E-state index contributed by atoms with van der Waals surface area (Å²) in [7, 11) is 0. The lowest BCUT2D eigenvalue weighted by atomic mass is 10.2. The van der Waals surface area contributed by atoms with E-state index in [1.54, 1.807) is 12.1 Å². The summed E-state index contributed by atoms with van der Waals surface area (Å²) >= 11 is 0. The summed E-state index contributed by atoms with van der Waals surface area (Å²) in [6, 6.07) is 7.24. The normalized spacial score (nSPS) is 10.2. The highest BCUT2D eigenvalue weighted by Crippen LogP contribution is 2.16. The van der Waals surface area contributed by atoms with E-state index in [0.29, 0.717) is 12.4 Å². The van der Waals surface area contributed by atoms with Crippen LogP contribution in [0.1, 0.15) is 18.4 Å². The Labute approximate surface area is 111 Å². The van der Waals surface area contributed by atoms with Gasteiger partial charge in [-0.15, -0.1) is 0 Å². The number of amides is 1. The van der Waals surface area contributed by atoms with E-state index in [1.165, 1.54) is 6.39 Å². The third-order valence-corrected chi connectivity index (χ3v) is 2.62. The Bertz CT molecular complexity index is 546. The van der Waals surface area contributed by atoms with Gasteiger partial charge in [-0.25, -0.2) is 4.98 Å². The number of anilines is 1. The topological polar surface area (TPSA) is 64.4 Å². The van der Waals surface area contributed by atoms with E-state index in [9.17, 15) is 4.79 Å². The number of hydrogen-bond donors (Lipinski definition) is 1. The van der Waals surface area contributed by atoms with Crippen LogP contribution in [0.25, 0.3) is 0 Å². The van der Waals surface area contributed by atoms with Crippen LogP contribution in [0.5, 0.6) is 5.75 Å². The third-order valence-electron chi connectivity index (χ3n) is 2.62. The van der Waals surface area contributed by atoms with Gasteiger partial charge in [-0.05, 0) is 38.1 Å². The van der Waals surface area contributed by atoms with E-state index in [1.807, 2.05) is 26.0 Å². The molecule has 5 nitrogen and oxygen atoms in total. The molecule has 1 aromatic heterocycles. The summed E-state index contributed by atoms with van der Waals surface area (Å²) in [6.07, 6.45) is 1.52. The number of nitrogens with zero attached hydrogens (tertiary/aromatic N) is 1. The van der Waals surface area contributed by atoms with Crippen molar-refractivity contribution in [3.05, 3.63) is 42.1 Å². The average molecular weight is 260 g/mol. The van der Waals surface area contributed by atoms with E-state index >= 15 is 0 Å². The number of benzene rings is 1. The molecule has 0 atom stereocenters. The standard InChI is InChI=1S/C14H16N2O3/c1-3-18-12-6-4-11(5-7-12)16-14(17)8-13-10(2)15-9-19-13/h4-7,9H,3,8H2,1-2H3,(H,16,17). The Morgan fingerprint density at radius 2 is 2.11 bits per heavy atom. The van der Waals surface area contributed by atoms with Crippen molar-refractivity contribution >= 4 is 11.6 Å². The number of aromatic nitrogens is 1. The van der Waals surface area contributed by atoms with Crippen molar-refractivity contribution in [3.63, 3.8) is 0 Å². The molecule has 100 valence electrons. The van der Waals surface area contributed by atoms with E-state index in [-0.39, 0.29) is 12.3 Å². The minimum atomic E-state index is -0.135. The van der Waals surface area contributed by atoms with Crippen molar-refractivity contribution in [1.29, 1.82) is 0 Å². The average Bonchev–Trinajstić information content (AvgIpc) is 2.78. The number of rotatable bonds is 5. The lowest BCUT2D eigenvalue weighted by Crippen LogP contribution is -2.14. The van der Waals surface area contributed by atoms with Gasteiger partial charge in [0.15, 0.2) is 6.39 Å². The highest BCUT2D eigenvalue weighted by atomic mass is 16.5. The maximum atomic E-state index is 11.8. The number of aryl methyl sites for hydroxylation is 1. The molecule has 5 heteroatoms. The van der Waals surface area contributed by atoms with E-state index in [2.05, 4.69) is 10.3 Å². The zero-order chi connectivity index (χ0) is 13.7. The van der Waals surface area contributed by atoms with Crippen molar-refractivity contribution in [3.8, 4) is 5.75 Å². The van der Waals surface area contributed by atoms with Crippen LogP contribution >= 0.6 is 0 Å². The molecular weight excluding hydrogens is 244 g/mol. The molecule has 0 saturated heterocycles. The number of hydrogen-bond acceptors (Lipinski definition) is 4. The Morgan fingerprint density at radius 1 is 1.37 bits per heavy atom. The fourth-order valence-electron chi connectivity index (χ4n) is 1.65. The Morgan fingerprint density at radius 3 is 2.68 bits per heavy atom. The van der Waals surface area contributed by atoms with Gasteiger partial charge in [0, 0.05) is 5.69 Å². The van der Waals surface area contributed by atoms with Crippen LogP contribution in [0.2, 0.25) is 0 Å². The number of oxazole rings is 1. The predicted octanol–water partition coefficient (Wildman–Crippen LogP) is 2.56. The molecule has 0 saturated carbocycles. The third kappa shape index (κ3) is 3.58. The van der Waals surface area contributed by atoms with Crippen molar-refractivity contribution in [2.45, 2.75) is 20.3 Å². The van der Waals surface area contributed by atoms with Gasteiger partial charge in [0.2, 0.25) is 5.91 Å². The number of carbonyl (C=O) groups excluding carboxylic acids is 1. The minimum absolute atomic E-state index is 0.135. The SMILES string of the molecule is CCOc1ccc(NC(=O)Cc2ocnc2C)cc1. The molecule has 0 aliphatic heterocycles. The van der Waals surface area contributed by atoms with Crippen LogP contribution in [-0.4, -0.2) is 17.5 Å². The van der Waals surface area contributed by atoms with Crippen LogP contribution in [0, 0.1) is 6.92 Å². The van der Waals surface area contributed by atoms with Crippen molar-refractivity contribution in [1.82, 2.24) is 4.98 Å². The first-order valence-electron chi connectivity index (χ1n) is 6.10. The van der Waals surface area contributed by atoms with Gasteiger partial charge in [0.05, 0.1) is 18.7 Å². The summed E-state index contributed by atoms with van der Waals surface area (Å²) in [5.41, 5.74) is 1.47. The quantitative estimate of drug-likeness (QED) is 0.897. The van der Waals surface area contributed by atoms with Crippen LogP contribution in [-0.2, 0) is 11.2 Å². The summed E-state index contributed by atoms with van der Waals surface area (Å²) in [4.78, 5) is 15.8. The minimum Gasteiger partial charge on any atom is -0.494 e. The molecule has 1 N–H and O–H groups in total. The number of carbonyl (C=O) groups is 1. The smallest absolute Gasteiger partial charge is 0.232 e. The van der Waals surface area contributed by atoms with Crippen LogP contribution < -0.4 is 10.1 Å². The first-order valence-corrected chi connectivity index (χ1v) is 6.10. The fourth-order valence-corrected chi connectivity index (χ4v) is 1.65. The van der Waals surface area contributed by atoms with Gasteiger partial charge in [0.1, 0.15) is 11.5 Å². The van der Waals surface area contributed by atoms with Crippen LogP contribution in [0.15, 0.2) is 35.1 Å². The summed E-state index contributed by atoms with van der Waals surface area (Å²) in [6.45, 7) is 4.36. The van der Waals surface area contributed by atoms with E-state index < -0.39 is 0 Å². The molecule has 1 heterocycles. The molecule has 0 fully saturated rings. The Balaban J connectivity index is 1.93. The Hall–Kier alpha value is -2.30. The first kappa shape index (κ1) is 13.1. The van der Waals surface area contributed by atoms with Crippen LogP contribution in [0.3, 0.4) is 0 Å². The van der Waals surface area contributed by atoms with Crippen molar-refractivity contribution in [2.24, 2.45) is 0 Å². The van der Waals surface area contributed by atoms with Crippen molar-refractivity contribution in [2.75, 3.05) is 11.9 Å². The highest BCUT2D eigenvalue weighted by Gasteiger charge is 2.10. The largest absolute Gasteiger partial charge is 0.494 e. The van der Waals surface area contributed by atoms with Gasteiger partial charge < -0.3 is 14.5 Å². The summed E-state index contributed by atoms with van der Waals surface area (Å²) in [5, 5.41) is 2.79. The first-order chi connectivity index (χ1) is 9.19. The molecule has 0 bridgehead atoms. The lowest BCUT2D eigenvalue weighted by molar-refractivity contribution is -0.115. The maximum absolute atomic E-state index is 11.8. The molecule has 1 amide bonds. The van der Waals surface area contributed by atoms with Crippen LogP contribution in [0.4, 0.5) is 5.69 Å². The molecule has 0 aliphatic carbocycles. The molecule has 2 rings (SSSR count). The molecule has 0 radical (unpaired) electrons. The van der Waals surface area contributed by atoms with Gasteiger partial charge in [-0.3, -0.25) is 4.79 Å². The van der Waals surface area contributed by atoms with E-state index in [0.717, 1.165) is 17.1 Å². The maximum Gasteiger partial charge on any atom is 0.232 e. The monoisotopic (exact) mass is 260 g/mol. The Kier molecular flexibility index (Phi) is 4.18. The van der Waals surface area contributed by atoms with Crippen molar-refractivity contribution < 1.29 is 13.9 Å². The fraction of sp³-hybridized carbons (Fsp3) is 0.286. The zero-order valence-electron chi connectivity index (χ0n) is 11.0. The van der Waals surface area contributed by atoms with Gasteiger partial charge in [-0.1, -0.05) is 0 Å². The second-order valence-corrected chi connectivity index (χ2v) is 4.04. The second-order valence-electron chi connectivity index (χ2n) is 4.04. The second kappa shape index (κ2) is 6.04. The number of ether oxygens (including phenoxy) is 1.